The number of para-hydroxylation sites is 1. The van der Waals surface area contributed by atoms with Crippen LogP contribution in [0, 0.1) is 0 Å². The van der Waals surface area contributed by atoms with Crippen molar-refractivity contribution >= 4 is 16.7 Å². The maximum Gasteiger partial charge on any atom is 0.204 e. The highest BCUT2D eigenvalue weighted by atomic mass is 32.1. The molecule has 6 nitrogen and oxygen atoms in total. The second-order valence-electron chi connectivity index (χ2n) is 5.90. The highest BCUT2D eigenvalue weighted by Crippen LogP contribution is 2.26. The Hall–Kier alpha value is -2.25. The van der Waals surface area contributed by atoms with E-state index in [2.05, 4.69) is 31.5 Å². The molecule has 0 saturated heterocycles. The molecule has 3 aromatic rings. The zero-order chi connectivity index (χ0) is 15.8. The minimum atomic E-state index is 0.772. The SMILES string of the molecule is CN(C)c1nc(CN2Cc3cnn(-c4ccccc4)c3C2)ns1. The molecule has 0 spiro atoms. The third-order valence-corrected chi connectivity index (χ3v) is 4.85. The third-order valence-electron chi connectivity index (χ3n) is 3.93. The molecular weight excluding hydrogens is 308 g/mol. The molecule has 7 heteroatoms. The van der Waals surface area contributed by atoms with Crippen LogP contribution in [0.5, 0.6) is 0 Å². The lowest BCUT2D eigenvalue weighted by Gasteiger charge is -2.13. The molecular formula is C16H18N6S. The molecule has 23 heavy (non-hydrogen) atoms. The van der Waals surface area contributed by atoms with Crippen LogP contribution in [0.15, 0.2) is 36.5 Å². The molecule has 0 unspecified atom stereocenters. The zero-order valence-electron chi connectivity index (χ0n) is 13.2. The predicted octanol–water partition coefficient (Wildman–Crippen LogP) is 2.31. The lowest BCUT2D eigenvalue weighted by atomic mass is 10.3. The van der Waals surface area contributed by atoms with Crippen LogP contribution in [0.4, 0.5) is 5.13 Å². The Morgan fingerprint density at radius 3 is 2.74 bits per heavy atom. The number of hydrogen-bond acceptors (Lipinski definition) is 6. The molecule has 0 bridgehead atoms. The Morgan fingerprint density at radius 1 is 1.17 bits per heavy atom. The van der Waals surface area contributed by atoms with Gasteiger partial charge in [0.2, 0.25) is 5.13 Å². The predicted molar refractivity (Wildman–Crippen MR) is 90.8 cm³/mol. The monoisotopic (exact) mass is 326 g/mol. The van der Waals surface area contributed by atoms with E-state index in [0.29, 0.717) is 0 Å². The molecule has 0 amide bonds. The van der Waals surface area contributed by atoms with Crippen molar-refractivity contribution < 1.29 is 0 Å². The van der Waals surface area contributed by atoms with E-state index in [4.69, 9.17) is 0 Å². The maximum absolute atomic E-state index is 4.57. The van der Waals surface area contributed by atoms with E-state index in [9.17, 15) is 0 Å². The van der Waals surface area contributed by atoms with Crippen molar-refractivity contribution in [3.8, 4) is 5.69 Å². The van der Waals surface area contributed by atoms with Crippen molar-refractivity contribution in [3.05, 3.63) is 53.6 Å². The number of rotatable bonds is 4. The minimum Gasteiger partial charge on any atom is -0.353 e. The van der Waals surface area contributed by atoms with Gasteiger partial charge in [-0.2, -0.15) is 9.47 Å². The second kappa shape index (κ2) is 5.75. The Kier molecular flexibility index (Phi) is 3.59. The summed E-state index contributed by atoms with van der Waals surface area (Å²) in [7, 11) is 3.98. The Morgan fingerprint density at radius 2 is 2.00 bits per heavy atom. The van der Waals surface area contributed by atoms with Gasteiger partial charge in [0, 0.05) is 44.3 Å². The molecule has 0 saturated carbocycles. The van der Waals surface area contributed by atoms with Crippen molar-refractivity contribution in [1.82, 2.24) is 24.0 Å². The standard InChI is InChI=1S/C16H18N6S/c1-20(2)16-18-15(19-23-16)11-21-9-12-8-17-22(14(12)10-21)13-6-4-3-5-7-13/h3-8H,9-11H2,1-2H3. The highest BCUT2D eigenvalue weighted by molar-refractivity contribution is 7.09. The van der Waals surface area contributed by atoms with Gasteiger partial charge in [0.05, 0.1) is 24.1 Å². The molecule has 0 radical (unpaired) electrons. The number of benzene rings is 1. The second-order valence-corrected chi connectivity index (χ2v) is 6.63. The van der Waals surface area contributed by atoms with E-state index in [1.54, 1.807) is 0 Å². The summed E-state index contributed by atoms with van der Waals surface area (Å²) < 4.78 is 6.49. The summed E-state index contributed by atoms with van der Waals surface area (Å²) in [6.45, 7) is 2.55. The van der Waals surface area contributed by atoms with Crippen LogP contribution in [-0.2, 0) is 19.6 Å². The number of aromatic nitrogens is 4. The quantitative estimate of drug-likeness (QED) is 0.736. The zero-order valence-corrected chi connectivity index (χ0v) is 14.0. The lowest BCUT2D eigenvalue weighted by Crippen LogP contribution is -2.18. The Labute approximate surface area is 139 Å². The molecule has 118 valence electrons. The van der Waals surface area contributed by atoms with Crippen LogP contribution in [0.3, 0.4) is 0 Å². The Bertz CT molecular complexity index is 807. The molecule has 0 aliphatic carbocycles. The number of anilines is 1. The first-order valence-electron chi connectivity index (χ1n) is 7.54. The third kappa shape index (κ3) is 2.73. The van der Waals surface area contributed by atoms with E-state index >= 15 is 0 Å². The first-order chi connectivity index (χ1) is 11.2. The molecule has 1 aliphatic rings. The van der Waals surface area contributed by atoms with Crippen molar-refractivity contribution in [2.45, 2.75) is 19.6 Å². The minimum absolute atomic E-state index is 0.772. The summed E-state index contributed by atoms with van der Waals surface area (Å²) in [6, 6.07) is 10.3. The molecule has 4 rings (SSSR count). The first-order valence-corrected chi connectivity index (χ1v) is 8.31. The summed E-state index contributed by atoms with van der Waals surface area (Å²) in [5.41, 5.74) is 3.66. The number of nitrogens with zero attached hydrogens (tertiary/aromatic N) is 6. The maximum atomic E-state index is 4.57. The van der Waals surface area contributed by atoms with Crippen molar-refractivity contribution in [2.75, 3.05) is 19.0 Å². The van der Waals surface area contributed by atoms with E-state index in [1.165, 1.54) is 22.8 Å². The Balaban J connectivity index is 1.51. The summed E-state index contributed by atoms with van der Waals surface area (Å²) in [5.74, 6) is 0.892. The van der Waals surface area contributed by atoms with Crippen LogP contribution >= 0.6 is 11.5 Å². The van der Waals surface area contributed by atoms with Crippen LogP contribution in [0.25, 0.3) is 5.69 Å². The molecule has 0 fully saturated rings. The van der Waals surface area contributed by atoms with Gasteiger partial charge in [-0.15, -0.1) is 0 Å². The summed E-state index contributed by atoms with van der Waals surface area (Å²) in [5, 5.41) is 5.48. The average molecular weight is 326 g/mol. The first kappa shape index (κ1) is 14.3. The van der Waals surface area contributed by atoms with Gasteiger partial charge in [-0.1, -0.05) is 18.2 Å². The van der Waals surface area contributed by atoms with Gasteiger partial charge in [-0.05, 0) is 12.1 Å². The van der Waals surface area contributed by atoms with E-state index in [-0.39, 0.29) is 0 Å². The van der Waals surface area contributed by atoms with Crippen molar-refractivity contribution in [3.63, 3.8) is 0 Å². The largest absolute Gasteiger partial charge is 0.353 e. The molecule has 1 aromatic carbocycles. The van der Waals surface area contributed by atoms with E-state index in [1.807, 2.05) is 48.1 Å². The molecule has 3 heterocycles. The van der Waals surface area contributed by atoms with Crippen molar-refractivity contribution in [2.24, 2.45) is 0 Å². The van der Waals surface area contributed by atoms with Crippen LogP contribution in [-0.4, -0.2) is 38.1 Å². The molecule has 1 aliphatic heterocycles. The summed E-state index contributed by atoms with van der Waals surface area (Å²) in [4.78, 5) is 8.92. The van der Waals surface area contributed by atoms with Crippen LogP contribution in [0.2, 0.25) is 0 Å². The summed E-state index contributed by atoms with van der Waals surface area (Å²) in [6.07, 6.45) is 1.97. The normalized spacial score (nSPS) is 14.2. The van der Waals surface area contributed by atoms with E-state index < -0.39 is 0 Å². The van der Waals surface area contributed by atoms with Crippen LogP contribution < -0.4 is 4.90 Å². The fourth-order valence-corrected chi connectivity index (χ4v) is 3.41. The van der Waals surface area contributed by atoms with Crippen LogP contribution in [0.1, 0.15) is 17.1 Å². The van der Waals surface area contributed by atoms with Gasteiger partial charge in [-0.25, -0.2) is 9.67 Å². The van der Waals surface area contributed by atoms with Gasteiger partial charge in [-0.3, -0.25) is 4.90 Å². The van der Waals surface area contributed by atoms with Crippen molar-refractivity contribution in [1.29, 1.82) is 0 Å². The van der Waals surface area contributed by atoms with Gasteiger partial charge in [0.1, 0.15) is 0 Å². The topological polar surface area (TPSA) is 50.1 Å². The molecule has 2 aromatic heterocycles. The number of fused-ring (bicyclic) bond motifs is 1. The fraction of sp³-hybridized carbons (Fsp3) is 0.312. The fourth-order valence-electron chi connectivity index (χ4n) is 2.81. The van der Waals surface area contributed by atoms with Gasteiger partial charge in [0.15, 0.2) is 5.82 Å². The van der Waals surface area contributed by atoms with E-state index in [0.717, 1.165) is 36.3 Å². The van der Waals surface area contributed by atoms with Gasteiger partial charge < -0.3 is 4.90 Å². The molecule has 0 N–H and O–H groups in total. The van der Waals surface area contributed by atoms with Gasteiger partial charge in [0.25, 0.3) is 0 Å². The lowest BCUT2D eigenvalue weighted by molar-refractivity contribution is 0.264. The molecule has 0 atom stereocenters. The summed E-state index contributed by atoms with van der Waals surface area (Å²) >= 11 is 1.45. The smallest absolute Gasteiger partial charge is 0.204 e. The number of hydrogen-bond donors (Lipinski definition) is 0. The van der Waals surface area contributed by atoms with Gasteiger partial charge >= 0.3 is 0 Å². The average Bonchev–Trinajstić information content (AvgIpc) is 3.24. The highest BCUT2D eigenvalue weighted by Gasteiger charge is 2.25.